The molecule has 0 atom stereocenters. The summed E-state index contributed by atoms with van der Waals surface area (Å²) in [5.74, 6) is -0.282. The maximum absolute atomic E-state index is 11.2. The van der Waals surface area contributed by atoms with Crippen molar-refractivity contribution in [1.82, 2.24) is 5.32 Å². The molecule has 0 aromatic carbocycles. The zero-order valence-corrected chi connectivity index (χ0v) is 7.98. The number of amides is 1. The number of hydrogen-bond donors (Lipinski definition) is 2. The summed E-state index contributed by atoms with van der Waals surface area (Å²) in [6.07, 6.45) is 2.36. The van der Waals surface area contributed by atoms with E-state index in [0.29, 0.717) is 12.0 Å². The third-order valence-electron chi connectivity index (χ3n) is 2.33. The Labute approximate surface area is 73.2 Å². The molecule has 0 saturated heterocycles. The van der Waals surface area contributed by atoms with Gasteiger partial charge >= 0.3 is 0 Å². The van der Waals surface area contributed by atoms with Crippen molar-refractivity contribution in [3.05, 3.63) is 0 Å². The first-order valence-electron chi connectivity index (χ1n) is 4.34. The quantitative estimate of drug-likeness (QED) is 0.656. The van der Waals surface area contributed by atoms with Crippen molar-refractivity contribution in [2.24, 2.45) is 5.41 Å². The Morgan fingerprint density at radius 1 is 1.58 bits per heavy atom. The maximum Gasteiger partial charge on any atom is 0.251 e. The van der Waals surface area contributed by atoms with E-state index in [1.807, 2.05) is 0 Å². The number of carbonyl (C=O) groups is 1. The molecule has 3 heteroatoms. The molecule has 0 bridgehead atoms. The Kier molecular flexibility index (Phi) is 2.17. The van der Waals surface area contributed by atoms with Gasteiger partial charge in [-0.05, 0) is 32.1 Å². The van der Waals surface area contributed by atoms with Gasteiger partial charge in [-0.15, -0.1) is 0 Å². The highest BCUT2D eigenvalue weighted by atomic mass is 16.3. The second-order valence-electron chi connectivity index (χ2n) is 4.55. The van der Waals surface area contributed by atoms with Crippen LogP contribution in [0.3, 0.4) is 0 Å². The Bertz CT molecular complexity index is 189. The largest absolute Gasteiger partial charge is 0.381 e. The van der Waals surface area contributed by atoms with Crippen molar-refractivity contribution in [1.29, 1.82) is 0 Å². The molecule has 12 heavy (non-hydrogen) atoms. The molecule has 70 valence electrons. The summed E-state index contributed by atoms with van der Waals surface area (Å²) in [5.41, 5.74) is -0.938. The number of carbonyl (C=O) groups excluding carboxylic acids is 1. The fraction of sp³-hybridized carbons (Fsp3) is 0.889. The third kappa shape index (κ3) is 2.48. The second-order valence-corrected chi connectivity index (χ2v) is 4.55. The molecule has 0 aromatic heterocycles. The van der Waals surface area contributed by atoms with E-state index in [2.05, 4.69) is 12.2 Å². The minimum absolute atomic E-state index is 0.282. The van der Waals surface area contributed by atoms with Crippen LogP contribution in [0, 0.1) is 5.41 Å². The van der Waals surface area contributed by atoms with Crippen LogP contribution in [-0.2, 0) is 4.79 Å². The summed E-state index contributed by atoms with van der Waals surface area (Å²) < 4.78 is 0. The molecule has 1 saturated carbocycles. The zero-order chi connectivity index (χ0) is 9.41. The summed E-state index contributed by atoms with van der Waals surface area (Å²) in [4.78, 5) is 11.2. The summed E-state index contributed by atoms with van der Waals surface area (Å²) in [7, 11) is 0. The summed E-state index contributed by atoms with van der Waals surface area (Å²) >= 11 is 0. The van der Waals surface area contributed by atoms with Gasteiger partial charge in [-0.2, -0.15) is 0 Å². The molecule has 1 amide bonds. The Hall–Kier alpha value is -0.570. The molecular weight excluding hydrogens is 154 g/mol. The number of hydrogen-bond acceptors (Lipinski definition) is 2. The van der Waals surface area contributed by atoms with Crippen LogP contribution in [0.25, 0.3) is 0 Å². The van der Waals surface area contributed by atoms with E-state index < -0.39 is 5.60 Å². The normalized spacial score (nSPS) is 20.3. The molecule has 1 rings (SSSR count). The van der Waals surface area contributed by atoms with Crippen LogP contribution in [0.5, 0.6) is 0 Å². The SMILES string of the molecule is CC1(CNC(=O)C(C)(C)O)CC1. The van der Waals surface area contributed by atoms with E-state index in [1.54, 1.807) is 0 Å². The Balaban J connectivity index is 2.28. The molecule has 0 spiro atoms. The predicted octanol–water partition coefficient (Wildman–Crippen LogP) is 0.674. The van der Waals surface area contributed by atoms with Gasteiger partial charge in [0.2, 0.25) is 0 Å². The van der Waals surface area contributed by atoms with E-state index in [-0.39, 0.29) is 5.91 Å². The van der Waals surface area contributed by atoms with Gasteiger partial charge in [0.05, 0.1) is 0 Å². The van der Waals surface area contributed by atoms with Crippen molar-refractivity contribution in [3.8, 4) is 0 Å². The van der Waals surface area contributed by atoms with Gasteiger partial charge in [-0.3, -0.25) is 4.79 Å². The van der Waals surface area contributed by atoms with E-state index in [0.717, 1.165) is 0 Å². The van der Waals surface area contributed by atoms with Crippen LogP contribution in [0.4, 0.5) is 0 Å². The zero-order valence-electron chi connectivity index (χ0n) is 7.98. The first kappa shape index (κ1) is 9.52. The highest BCUT2D eigenvalue weighted by Crippen LogP contribution is 2.44. The molecule has 1 aliphatic rings. The number of nitrogens with one attached hydrogen (secondary N) is 1. The average molecular weight is 171 g/mol. The van der Waals surface area contributed by atoms with E-state index in [1.165, 1.54) is 26.7 Å². The highest BCUT2D eigenvalue weighted by Gasteiger charge is 2.38. The molecule has 3 nitrogen and oxygen atoms in total. The summed E-state index contributed by atoms with van der Waals surface area (Å²) in [6.45, 7) is 5.82. The van der Waals surface area contributed by atoms with Crippen molar-refractivity contribution < 1.29 is 9.90 Å². The van der Waals surface area contributed by atoms with Gasteiger partial charge in [0.1, 0.15) is 5.60 Å². The fourth-order valence-corrected chi connectivity index (χ4v) is 0.900. The molecule has 2 N–H and O–H groups in total. The van der Waals surface area contributed by atoms with Gasteiger partial charge < -0.3 is 10.4 Å². The molecule has 0 heterocycles. The van der Waals surface area contributed by atoms with E-state index in [9.17, 15) is 9.90 Å². The first-order valence-corrected chi connectivity index (χ1v) is 4.34. The van der Waals surface area contributed by atoms with Gasteiger partial charge in [0.15, 0.2) is 0 Å². The van der Waals surface area contributed by atoms with E-state index in [4.69, 9.17) is 0 Å². The van der Waals surface area contributed by atoms with Crippen molar-refractivity contribution in [3.63, 3.8) is 0 Å². The fourth-order valence-electron chi connectivity index (χ4n) is 0.900. The van der Waals surface area contributed by atoms with Gasteiger partial charge in [0, 0.05) is 6.54 Å². The van der Waals surface area contributed by atoms with Crippen LogP contribution in [0.15, 0.2) is 0 Å². The monoisotopic (exact) mass is 171 g/mol. The van der Waals surface area contributed by atoms with E-state index >= 15 is 0 Å². The third-order valence-corrected chi connectivity index (χ3v) is 2.33. The maximum atomic E-state index is 11.2. The summed E-state index contributed by atoms with van der Waals surface area (Å²) in [6, 6.07) is 0. The minimum atomic E-state index is -1.24. The van der Waals surface area contributed by atoms with Crippen molar-refractivity contribution in [2.75, 3.05) is 6.54 Å². The van der Waals surface area contributed by atoms with Crippen LogP contribution >= 0.6 is 0 Å². The second kappa shape index (κ2) is 2.73. The summed E-state index contributed by atoms with van der Waals surface area (Å²) in [5, 5.41) is 12.0. The molecule has 1 aliphatic carbocycles. The molecular formula is C9H17NO2. The average Bonchev–Trinajstić information content (AvgIpc) is 2.62. The minimum Gasteiger partial charge on any atom is -0.381 e. The van der Waals surface area contributed by atoms with Crippen LogP contribution in [0.2, 0.25) is 0 Å². The standard InChI is InChI=1S/C9H17NO2/c1-8(2,12)7(11)10-6-9(3)4-5-9/h12H,4-6H2,1-3H3,(H,10,11). The van der Waals surface area contributed by atoms with Crippen LogP contribution < -0.4 is 5.32 Å². The molecule has 0 aromatic rings. The van der Waals surface area contributed by atoms with Crippen LogP contribution in [0.1, 0.15) is 33.6 Å². The predicted molar refractivity (Wildman–Crippen MR) is 46.6 cm³/mol. The van der Waals surface area contributed by atoms with Crippen molar-refractivity contribution in [2.45, 2.75) is 39.2 Å². The molecule has 1 fully saturated rings. The molecule has 0 aliphatic heterocycles. The van der Waals surface area contributed by atoms with Gasteiger partial charge in [0.25, 0.3) is 5.91 Å². The van der Waals surface area contributed by atoms with Gasteiger partial charge in [-0.25, -0.2) is 0 Å². The smallest absolute Gasteiger partial charge is 0.251 e. The lowest BCUT2D eigenvalue weighted by Crippen LogP contribution is -2.43. The molecule has 0 unspecified atom stereocenters. The first-order chi connectivity index (χ1) is 5.33. The lowest BCUT2D eigenvalue weighted by atomic mass is 10.1. The number of aliphatic hydroxyl groups is 1. The highest BCUT2D eigenvalue weighted by molar-refractivity contribution is 5.83. The lowest BCUT2D eigenvalue weighted by Gasteiger charge is -2.18. The topological polar surface area (TPSA) is 49.3 Å². The number of rotatable bonds is 3. The lowest BCUT2D eigenvalue weighted by molar-refractivity contribution is -0.136. The Morgan fingerprint density at radius 2 is 2.08 bits per heavy atom. The Morgan fingerprint density at radius 3 is 2.42 bits per heavy atom. The van der Waals surface area contributed by atoms with Gasteiger partial charge in [-0.1, -0.05) is 6.92 Å². The molecule has 0 radical (unpaired) electrons. The van der Waals surface area contributed by atoms with Crippen LogP contribution in [-0.4, -0.2) is 23.2 Å². The van der Waals surface area contributed by atoms with Crippen molar-refractivity contribution >= 4 is 5.91 Å².